The molecule has 0 aromatic carbocycles. The maximum Gasteiger partial charge on any atom is 0.266 e. The van der Waals surface area contributed by atoms with Gasteiger partial charge in [-0.2, -0.15) is 6.20 Å². The van der Waals surface area contributed by atoms with Crippen molar-refractivity contribution in [2.45, 2.75) is 32.2 Å². The fraction of sp³-hybridized carbons (Fsp3) is 0.444. The Labute approximate surface area is 168 Å². The molecule has 1 fully saturated rings. The van der Waals surface area contributed by atoms with E-state index in [-0.39, 0.29) is 32.0 Å². The van der Waals surface area contributed by atoms with Gasteiger partial charge in [0.1, 0.15) is 10.4 Å². The van der Waals surface area contributed by atoms with Crippen LogP contribution in [0.3, 0.4) is 0 Å². The third-order valence-corrected chi connectivity index (χ3v) is 6.56. The molecule has 0 bridgehead atoms. The summed E-state index contributed by atoms with van der Waals surface area (Å²) in [6.07, 6.45) is 6.58. The number of aryl methyl sites for hydroxylation is 1. The number of aromatic nitrogens is 3. The largest absolute Gasteiger partial charge is 0.581 e. The van der Waals surface area contributed by atoms with Crippen LogP contribution in [0, 0.1) is 0 Å². The van der Waals surface area contributed by atoms with Crippen LogP contribution < -0.4 is 15.4 Å². The SMILES string of the molecule is CC(c1[nH]c(=O)c2sc(-c3cn[n-]c3)c3c2c1CCCO3)N1CCC1.[Pd]. The van der Waals surface area contributed by atoms with Crippen molar-refractivity contribution in [3.63, 3.8) is 0 Å². The van der Waals surface area contributed by atoms with Crippen molar-refractivity contribution in [3.05, 3.63) is 34.0 Å². The van der Waals surface area contributed by atoms with Crippen LogP contribution in [0.5, 0.6) is 5.75 Å². The Bertz CT molecular complexity index is 991. The van der Waals surface area contributed by atoms with E-state index in [1.165, 1.54) is 23.3 Å². The molecule has 3 aromatic rings. The van der Waals surface area contributed by atoms with Crippen LogP contribution >= 0.6 is 11.3 Å². The van der Waals surface area contributed by atoms with Gasteiger partial charge in [-0.15, -0.1) is 11.3 Å². The number of aromatic amines is 1. The molecule has 0 radical (unpaired) electrons. The molecule has 8 heteroatoms. The first kappa shape index (κ1) is 17.9. The second-order valence-corrected chi connectivity index (χ2v) is 7.79. The van der Waals surface area contributed by atoms with Gasteiger partial charge >= 0.3 is 0 Å². The van der Waals surface area contributed by atoms with Crippen LogP contribution in [0.4, 0.5) is 0 Å². The number of ether oxygens (including phenoxy) is 1. The van der Waals surface area contributed by atoms with Crippen LogP contribution in [0.25, 0.3) is 20.5 Å². The van der Waals surface area contributed by atoms with Gasteiger partial charge in [0.05, 0.1) is 11.5 Å². The summed E-state index contributed by atoms with van der Waals surface area (Å²) in [5, 5.41) is 8.86. The molecule has 26 heavy (non-hydrogen) atoms. The molecule has 140 valence electrons. The molecular weight excluding hydrogens is 443 g/mol. The van der Waals surface area contributed by atoms with Gasteiger partial charge < -0.3 is 19.9 Å². The minimum atomic E-state index is -0.0170. The van der Waals surface area contributed by atoms with Gasteiger partial charge in [-0.3, -0.25) is 9.69 Å². The first-order chi connectivity index (χ1) is 12.2. The molecular formula is C18H19N4O2PdS-. The Morgan fingerprint density at radius 1 is 1.38 bits per heavy atom. The Morgan fingerprint density at radius 2 is 2.23 bits per heavy atom. The second-order valence-electron chi connectivity index (χ2n) is 6.77. The topological polar surface area (TPSA) is 72.3 Å². The fourth-order valence-electron chi connectivity index (χ4n) is 3.86. The van der Waals surface area contributed by atoms with Gasteiger partial charge in [0.25, 0.3) is 5.56 Å². The maximum atomic E-state index is 12.8. The first-order valence-corrected chi connectivity index (χ1v) is 9.58. The summed E-state index contributed by atoms with van der Waals surface area (Å²) >= 11 is 1.48. The van der Waals surface area contributed by atoms with E-state index in [1.54, 1.807) is 12.4 Å². The minimum Gasteiger partial charge on any atom is -0.581 e. The van der Waals surface area contributed by atoms with E-state index in [0.717, 1.165) is 57.9 Å². The minimum absolute atomic E-state index is 0. The van der Waals surface area contributed by atoms with Crippen LogP contribution in [0.2, 0.25) is 0 Å². The normalized spacial score (nSPS) is 17.9. The monoisotopic (exact) mass is 461 g/mol. The van der Waals surface area contributed by atoms with Crippen molar-refractivity contribution < 1.29 is 25.2 Å². The second kappa shape index (κ2) is 6.93. The van der Waals surface area contributed by atoms with Crippen LogP contribution in [-0.2, 0) is 26.8 Å². The molecule has 5 rings (SSSR count). The van der Waals surface area contributed by atoms with Crippen molar-refractivity contribution in [1.29, 1.82) is 0 Å². The Kier molecular flexibility index (Phi) is 4.78. The molecule has 1 atom stereocenters. The molecule has 6 nitrogen and oxygen atoms in total. The number of pyridine rings is 1. The van der Waals surface area contributed by atoms with Crippen LogP contribution in [0.15, 0.2) is 17.2 Å². The Hall–Kier alpha value is -1.46. The van der Waals surface area contributed by atoms with Crippen LogP contribution in [0.1, 0.15) is 37.1 Å². The number of hydrogen-bond acceptors (Lipinski definition) is 5. The number of rotatable bonds is 3. The van der Waals surface area contributed by atoms with Crippen molar-refractivity contribution in [2.75, 3.05) is 19.7 Å². The predicted molar refractivity (Wildman–Crippen MR) is 97.4 cm³/mol. The first-order valence-electron chi connectivity index (χ1n) is 8.76. The number of hydrogen-bond donors (Lipinski definition) is 1. The third kappa shape index (κ3) is 2.67. The van der Waals surface area contributed by atoms with Crippen molar-refractivity contribution in [2.24, 2.45) is 0 Å². The molecule has 2 aliphatic rings. The quantitative estimate of drug-likeness (QED) is 0.607. The zero-order valence-electron chi connectivity index (χ0n) is 14.4. The van der Waals surface area contributed by atoms with E-state index in [0.29, 0.717) is 6.61 Å². The van der Waals surface area contributed by atoms with E-state index in [4.69, 9.17) is 4.74 Å². The average molecular weight is 462 g/mol. The summed E-state index contributed by atoms with van der Waals surface area (Å²) in [5.74, 6) is 0.838. The zero-order valence-corrected chi connectivity index (χ0v) is 16.7. The number of nitrogens with one attached hydrogen (secondary N) is 1. The Balaban J connectivity index is 0.00000168. The summed E-state index contributed by atoms with van der Waals surface area (Å²) in [7, 11) is 0. The third-order valence-electron chi connectivity index (χ3n) is 5.34. The molecule has 0 aliphatic carbocycles. The summed E-state index contributed by atoms with van der Waals surface area (Å²) in [5.41, 5.74) is 3.21. The zero-order chi connectivity index (χ0) is 17.0. The van der Waals surface area contributed by atoms with E-state index in [2.05, 4.69) is 27.0 Å². The van der Waals surface area contributed by atoms with E-state index < -0.39 is 0 Å². The maximum absolute atomic E-state index is 12.8. The van der Waals surface area contributed by atoms with E-state index in [1.807, 2.05) is 0 Å². The summed E-state index contributed by atoms with van der Waals surface area (Å²) in [6, 6.07) is 0.234. The van der Waals surface area contributed by atoms with Gasteiger partial charge in [0.15, 0.2) is 0 Å². The van der Waals surface area contributed by atoms with Crippen molar-refractivity contribution in [3.8, 4) is 16.2 Å². The van der Waals surface area contributed by atoms with Gasteiger partial charge in [-0.1, -0.05) is 0 Å². The van der Waals surface area contributed by atoms with Gasteiger partial charge in [0.2, 0.25) is 0 Å². The molecule has 5 heterocycles. The molecule has 0 saturated carbocycles. The van der Waals surface area contributed by atoms with Gasteiger partial charge in [-0.25, -0.2) is 0 Å². The van der Waals surface area contributed by atoms with Gasteiger partial charge in [-0.05, 0) is 37.3 Å². The number of H-pyrrole nitrogens is 1. The number of thiophene rings is 1. The van der Waals surface area contributed by atoms with E-state index in [9.17, 15) is 4.79 Å². The van der Waals surface area contributed by atoms with Crippen molar-refractivity contribution in [1.82, 2.24) is 20.1 Å². The predicted octanol–water partition coefficient (Wildman–Crippen LogP) is 2.70. The molecule has 1 N–H and O–H groups in total. The molecule has 0 spiro atoms. The standard InChI is InChI=1S/C18H20N4O2S.Pd/c1-10(22-5-3-6-22)14-12-4-2-7-24-15-13(12)17(18(23)21-14)25-16(15)11-8-19-20-9-11;/h8-10H,2-7H2,1H3,(H2,19,20,21,23);/p-1. The molecule has 1 saturated heterocycles. The smallest absolute Gasteiger partial charge is 0.266 e. The van der Waals surface area contributed by atoms with Gasteiger partial charge in [0, 0.05) is 56.8 Å². The van der Waals surface area contributed by atoms with Crippen molar-refractivity contribution >= 4 is 21.4 Å². The van der Waals surface area contributed by atoms with Crippen LogP contribution in [-0.4, -0.2) is 34.7 Å². The summed E-state index contributed by atoms with van der Waals surface area (Å²) in [4.78, 5) is 19.4. The molecule has 1 unspecified atom stereocenters. The summed E-state index contributed by atoms with van der Waals surface area (Å²) < 4.78 is 6.85. The number of likely N-dealkylation sites (tertiary alicyclic amines) is 1. The molecule has 2 aliphatic heterocycles. The molecule has 0 amide bonds. The van der Waals surface area contributed by atoms with E-state index >= 15 is 0 Å². The fourth-order valence-corrected chi connectivity index (χ4v) is 5.00. The Morgan fingerprint density at radius 3 is 2.92 bits per heavy atom. The molecule has 3 aromatic heterocycles. The number of nitrogens with zero attached hydrogens (tertiary/aromatic N) is 3. The average Bonchev–Trinajstić information content (AvgIpc) is 3.14. The summed E-state index contributed by atoms with van der Waals surface area (Å²) in [6.45, 7) is 5.06.